The summed E-state index contributed by atoms with van der Waals surface area (Å²) in [6, 6.07) is 11.6. The van der Waals surface area contributed by atoms with Gasteiger partial charge >= 0.3 is 7.12 Å². The zero-order chi connectivity index (χ0) is 19.4. The predicted octanol–water partition coefficient (Wildman–Crippen LogP) is 2.57. The highest BCUT2D eigenvalue weighted by molar-refractivity contribution is 6.62. The standard InChI is InChI=1S/C19H21BN4O2/c1-18(2)19(3,4)26-20(25-18)13-7-5-6-12(10-13)14-8-9-15-16(24-14)17(21)23-11-22-15/h5-11H,1-4H3,(H2,21,22,23)/i11D. The Labute approximate surface area is 154 Å². The van der Waals surface area contributed by atoms with Crippen molar-refractivity contribution < 1.29 is 10.7 Å². The van der Waals surface area contributed by atoms with Gasteiger partial charge in [-0.25, -0.2) is 15.0 Å². The van der Waals surface area contributed by atoms with Crippen LogP contribution in [0.1, 0.15) is 29.1 Å². The molecule has 1 aromatic carbocycles. The smallest absolute Gasteiger partial charge is 0.399 e. The van der Waals surface area contributed by atoms with Gasteiger partial charge in [-0.05, 0) is 50.9 Å². The third kappa shape index (κ3) is 2.73. The molecule has 2 aromatic heterocycles. The van der Waals surface area contributed by atoms with Crippen LogP contribution in [0.15, 0.2) is 42.7 Å². The molecule has 0 saturated carbocycles. The molecule has 3 heterocycles. The van der Waals surface area contributed by atoms with Gasteiger partial charge in [0.1, 0.15) is 13.2 Å². The molecule has 0 unspecified atom stereocenters. The van der Waals surface area contributed by atoms with Gasteiger partial charge in [0.05, 0.1) is 22.4 Å². The van der Waals surface area contributed by atoms with Gasteiger partial charge in [0.25, 0.3) is 0 Å². The summed E-state index contributed by atoms with van der Waals surface area (Å²) in [6.07, 6.45) is -0.114. The third-order valence-corrected chi connectivity index (χ3v) is 5.17. The van der Waals surface area contributed by atoms with Crippen molar-refractivity contribution in [3.63, 3.8) is 0 Å². The van der Waals surface area contributed by atoms with Crippen molar-refractivity contribution in [3.8, 4) is 11.3 Å². The summed E-state index contributed by atoms with van der Waals surface area (Å²) in [6.45, 7) is 8.13. The zero-order valence-electron chi connectivity index (χ0n) is 16.3. The molecule has 6 nitrogen and oxygen atoms in total. The Balaban J connectivity index is 1.72. The third-order valence-electron chi connectivity index (χ3n) is 5.17. The molecule has 0 aliphatic carbocycles. The fourth-order valence-corrected chi connectivity index (χ4v) is 2.90. The highest BCUT2D eigenvalue weighted by Crippen LogP contribution is 2.36. The molecule has 132 valence electrons. The zero-order valence-corrected chi connectivity index (χ0v) is 15.3. The van der Waals surface area contributed by atoms with Crippen molar-refractivity contribution >= 4 is 29.4 Å². The highest BCUT2D eigenvalue weighted by atomic mass is 16.7. The molecule has 0 amide bonds. The van der Waals surface area contributed by atoms with Crippen molar-refractivity contribution in [2.75, 3.05) is 5.73 Å². The molecule has 7 heteroatoms. The average Bonchev–Trinajstić information content (AvgIpc) is 2.82. The quantitative estimate of drug-likeness (QED) is 0.716. The average molecular weight is 349 g/mol. The van der Waals surface area contributed by atoms with Gasteiger partial charge in [-0.2, -0.15) is 0 Å². The first kappa shape index (κ1) is 15.7. The fourth-order valence-electron chi connectivity index (χ4n) is 2.90. The lowest BCUT2D eigenvalue weighted by Gasteiger charge is -2.32. The normalized spacial score (nSPS) is 18.9. The van der Waals surface area contributed by atoms with Gasteiger partial charge in [-0.1, -0.05) is 24.3 Å². The maximum absolute atomic E-state index is 7.57. The Kier molecular flexibility index (Phi) is 3.48. The van der Waals surface area contributed by atoms with Gasteiger partial charge in [0, 0.05) is 0 Å². The van der Waals surface area contributed by atoms with E-state index in [1.165, 1.54) is 0 Å². The van der Waals surface area contributed by atoms with Gasteiger partial charge in [-0.15, -0.1) is 0 Å². The van der Waals surface area contributed by atoms with Crippen LogP contribution in [-0.4, -0.2) is 33.3 Å². The largest absolute Gasteiger partial charge is 0.494 e. The van der Waals surface area contributed by atoms with E-state index >= 15 is 0 Å². The van der Waals surface area contributed by atoms with E-state index in [4.69, 9.17) is 16.4 Å². The van der Waals surface area contributed by atoms with Gasteiger partial charge in [0.15, 0.2) is 5.82 Å². The molecule has 4 rings (SSSR count). The van der Waals surface area contributed by atoms with Crippen molar-refractivity contribution in [1.82, 2.24) is 15.0 Å². The van der Waals surface area contributed by atoms with E-state index in [0.29, 0.717) is 11.0 Å². The van der Waals surface area contributed by atoms with Crippen LogP contribution in [0.25, 0.3) is 22.3 Å². The van der Waals surface area contributed by atoms with E-state index < -0.39 is 18.3 Å². The van der Waals surface area contributed by atoms with Crippen LogP contribution < -0.4 is 11.2 Å². The molecule has 0 spiro atoms. The number of fused-ring (bicyclic) bond motifs is 1. The Morgan fingerprint density at radius 1 is 1.04 bits per heavy atom. The molecular formula is C19H21BN4O2. The first-order valence-electron chi connectivity index (χ1n) is 9.03. The lowest BCUT2D eigenvalue weighted by Crippen LogP contribution is -2.41. The number of pyridine rings is 1. The maximum atomic E-state index is 7.57. The van der Waals surface area contributed by atoms with Crippen molar-refractivity contribution in [2.45, 2.75) is 38.9 Å². The van der Waals surface area contributed by atoms with Gasteiger partial charge in [-0.3, -0.25) is 0 Å². The van der Waals surface area contributed by atoms with Crippen LogP contribution in [0, 0.1) is 0 Å². The van der Waals surface area contributed by atoms with Crippen molar-refractivity contribution in [3.05, 3.63) is 42.7 Å². The predicted molar refractivity (Wildman–Crippen MR) is 103 cm³/mol. The number of hydrogen-bond acceptors (Lipinski definition) is 6. The molecule has 1 aliphatic rings. The van der Waals surface area contributed by atoms with Crippen LogP contribution in [0.3, 0.4) is 0 Å². The van der Waals surface area contributed by atoms with E-state index in [9.17, 15) is 0 Å². The van der Waals surface area contributed by atoms with Crippen LogP contribution >= 0.6 is 0 Å². The topological polar surface area (TPSA) is 83.2 Å². The molecule has 2 N–H and O–H groups in total. The Bertz CT molecular complexity index is 1030. The summed E-state index contributed by atoms with van der Waals surface area (Å²) in [4.78, 5) is 12.5. The Hall–Kier alpha value is -2.51. The minimum atomic E-state index is -0.435. The summed E-state index contributed by atoms with van der Waals surface area (Å²) in [5.41, 5.74) is 8.76. The van der Waals surface area contributed by atoms with Crippen molar-refractivity contribution in [2.24, 2.45) is 0 Å². The van der Waals surface area contributed by atoms with Crippen LogP contribution in [0.4, 0.5) is 5.82 Å². The van der Waals surface area contributed by atoms with E-state index in [1.54, 1.807) is 6.07 Å². The molecule has 0 bridgehead atoms. The summed E-state index contributed by atoms with van der Waals surface area (Å²) < 4.78 is 19.8. The summed E-state index contributed by atoms with van der Waals surface area (Å²) in [5.74, 6) is 0.203. The second-order valence-corrected chi connectivity index (χ2v) is 7.49. The highest BCUT2D eigenvalue weighted by Gasteiger charge is 2.51. The maximum Gasteiger partial charge on any atom is 0.494 e. The minimum absolute atomic E-state index is 0.114. The summed E-state index contributed by atoms with van der Waals surface area (Å²) in [5, 5.41) is 0. The molecule has 26 heavy (non-hydrogen) atoms. The molecule has 1 fully saturated rings. The second kappa shape index (κ2) is 5.76. The van der Waals surface area contributed by atoms with E-state index in [-0.39, 0.29) is 12.1 Å². The SMILES string of the molecule is [2H]c1nc(N)c2nc(-c3cccc(B4OC(C)(C)C(C)(C)O4)c3)ccc2n1. The van der Waals surface area contributed by atoms with E-state index in [0.717, 1.165) is 16.7 Å². The number of nitrogens with two attached hydrogens (primary N) is 1. The van der Waals surface area contributed by atoms with E-state index in [1.807, 2.05) is 58.0 Å². The molecule has 3 aromatic rings. The summed E-state index contributed by atoms with van der Waals surface area (Å²) in [7, 11) is -0.435. The lowest BCUT2D eigenvalue weighted by atomic mass is 9.78. The minimum Gasteiger partial charge on any atom is -0.399 e. The number of benzene rings is 1. The van der Waals surface area contributed by atoms with Gasteiger partial charge < -0.3 is 15.0 Å². The number of hydrogen-bond donors (Lipinski definition) is 1. The monoisotopic (exact) mass is 349 g/mol. The van der Waals surface area contributed by atoms with Crippen LogP contribution in [0.5, 0.6) is 0 Å². The molecule has 0 atom stereocenters. The van der Waals surface area contributed by atoms with E-state index in [2.05, 4.69) is 15.0 Å². The van der Waals surface area contributed by atoms with Crippen LogP contribution in [-0.2, 0) is 9.31 Å². The summed E-state index contributed by atoms with van der Waals surface area (Å²) >= 11 is 0. The molecule has 1 aliphatic heterocycles. The Morgan fingerprint density at radius 3 is 2.50 bits per heavy atom. The van der Waals surface area contributed by atoms with Crippen molar-refractivity contribution in [1.29, 1.82) is 0 Å². The fraction of sp³-hybridized carbons (Fsp3) is 0.316. The second-order valence-electron chi connectivity index (χ2n) is 7.49. The van der Waals surface area contributed by atoms with Crippen LogP contribution in [0.2, 0.25) is 0 Å². The molecular weight excluding hydrogens is 327 g/mol. The molecule has 0 radical (unpaired) electrons. The lowest BCUT2D eigenvalue weighted by molar-refractivity contribution is 0.00578. The number of anilines is 1. The van der Waals surface area contributed by atoms with Gasteiger partial charge in [0.2, 0.25) is 0 Å². The number of nitrogen functional groups attached to an aromatic ring is 1. The number of aromatic nitrogens is 3. The Morgan fingerprint density at radius 2 is 1.77 bits per heavy atom. The first-order valence-corrected chi connectivity index (χ1v) is 8.53. The molecule has 1 saturated heterocycles. The number of nitrogens with zero attached hydrogens (tertiary/aromatic N) is 3. The first-order chi connectivity index (χ1) is 12.7. The number of rotatable bonds is 2.